The molecule has 0 aromatic heterocycles. The summed E-state index contributed by atoms with van der Waals surface area (Å²) in [6, 6.07) is 4.56. The second kappa shape index (κ2) is 5.59. The van der Waals surface area contributed by atoms with Crippen LogP contribution in [0.2, 0.25) is 5.02 Å². The first-order valence-electron chi connectivity index (χ1n) is 6.73. The number of sulfonamides is 1. The number of rotatable bonds is 4. The second-order valence-corrected chi connectivity index (χ2v) is 7.60. The quantitative estimate of drug-likeness (QED) is 0.888. The number of carboxylic acids is 1. The first kappa shape index (κ1) is 16.3. The van der Waals surface area contributed by atoms with Gasteiger partial charge in [0, 0.05) is 5.02 Å². The summed E-state index contributed by atoms with van der Waals surface area (Å²) in [5.41, 5.74) is -1.02. The highest BCUT2D eigenvalue weighted by Gasteiger charge is 2.50. The number of halogens is 1. The summed E-state index contributed by atoms with van der Waals surface area (Å²) < 4.78 is 27.6. The van der Waals surface area contributed by atoms with Crippen molar-refractivity contribution in [2.75, 3.05) is 0 Å². The molecule has 1 aromatic rings. The molecule has 2 unspecified atom stereocenters. The largest absolute Gasteiger partial charge is 0.480 e. The van der Waals surface area contributed by atoms with Gasteiger partial charge in [0.1, 0.15) is 5.54 Å². The Balaban J connectivity index is 2.45. The molecule has 0 aliphatic heterocycles. The molecule has 0 heterocycles. The molecule has 2 atom stereocenters. The van der Waals surface area contributed by atoms with Crippen LogP contribution in [0, 0.1) is 12.8 Å². The summed E-state index contributed by atoms with van der Waals surface area (Å²) in [5, 5.41) is 9.85. The van der Waals surface area contributed by atoms with Crippen LogP contribution < -0.4 is 4.72 Å². The van der Waals surface area contributed by atoms with Gasteiger partial charge < -0.3 is 5.11 Å². The Labute approximate surface area is 129 Å². The van der Waals surface area contributed by atoms with Crippen LogP contribution in [0.15, 0.2) is 23.1 Å². The number of hydrogen-bond donors (Lipinski definition) is 2. The Morgan fingerprint density at radius 3 is 2.67 bits per heavy atom. The Kier molecular flexibility index (Phi) is 4.33. The molecule has 0 amide bonds. The van der Waals surface area contributed by atoms with Gasteiger partial charge in [-0.1, -0.05) is 31.0 Å². The van der Waals surface area contributed by atoms with Crippen molar-refractivity contribution >= 4 is 27.6 Å². The van der Waals surface area contributed by atoms with E-state index in [1.54, 1.807) is 19.9 Å². The normalized spacial score (nSPS) is 26.0. The molecule has 1 aliphatic rings. The molecule has 1 aromatic carbocycles. The van der Waals surface area contributed by atoms with Crippen molar-refractivity contribution in [1.82, 2.24) is 4.72 Å². The lowest BCUT2D eigenvalue weighted by atomic mass is 9.90. The highest BCUT2D eigenvalue weighted by Crippen LogP contribution is 2.37. The predicted octanol–water partition coefficient (Wildman–Crippen LogP) is 2.57. The van der Waals surface area contributed by atoms with E-state index in [2.05, 4.69) is 4.72 Å². The van der Waals surface area contributed by atoms with Crippen LogP contribution in [0.25, 0.3) is 0 Å². The minimum atomic E-state index is -3.95. The summed E-state index contributed by atoms with van der Waals surface area (Å²) in [7, 11) is -3.95. The highest BCUT2D eigenvalue weighted by atomic mass is 35.5. The molecule has 1 aliphatic carbocycles. The van der Waals surface area contributed by atoms with Crippen molar-refractivity contribution < 1.29 is 18.3 Å². The minimum Gasteiger partial charge on any atom is -0.480 e. The van der Waals surface area contributed by atoms with Crippen LogP contribution in [0.1, 0.15) is 31.7 Å². The first-order valence-corrected chi connectivity index (χ1v) is 8.59. The highest BCUT2D eigenvalue weighted by molar-refractivity contribution is 7.89. The molecule has 0 spiro atoms. The van der Waals surface area contributed by atoms with E-state index in [1.165, 1.54) is 12.1 Å². The Morgan fingerprint density at radius 2 is 2.14 bits per heavy atom. The maximum atomic E-state index is 12.6. The molecule has 2 N–H and O–H groups in total. The Hall–Kier alpha value is -1.11. The Morgan fingerprint density at radius 1 is 1.48 bits per heavy atom. The van der Waals surface area contributed by atoms with E-state index in [9.17, 15) is 18.3 Å². The summed E-state index contributed by atoms with van der Waals surface area (Å²) in [4.78, 5) is 11.7. The van der Waals surface area contributed by atoms with Crippen molar-refractivity contribution in [2.24, 2.45) is 5.92 Å². The maximum absolute atomic E-state index is 12.6. The zero-order valence-corrected chi connectivity index (χ0v) is 13.5. The summed E-state index contributed by atoms with van der Waals surface area (Å²) in [5.74, 6) is -1.39. The van der Waals surface area contributed by atoms with Crippen molar-refractivity contribution in [3.05, 3.63) is 28.8 Å². The number of carboxylic acid groups (broad SMARTS) is 1. The minimum absolute atomic E-state index is 0.0229. The van der Waals surface area contributed by atoms with Crippen LogP contribution in [0.5, 0.6) is 0 Å². The fourth-order valence-corrected chi connectivity index (χ4v) is 4.85. The molecule has 0 saturated heterocycles. The molecule has 7 heteroatoms. The third-order valence-corrected chi connectivity index (χ3v) is 6.32. The van der Waals surface area contributed by atoms with E-state index in [1.807, 2.05) is 0 Å². The van der Waals surface area contributed by atoms with Crippen molar-refractivity contribution in [1.29, 1.82) is 0 Å². The van der Waals surface area contributed by atoms with Crippen LogP contribution in [0.3, 0.4) is 0 Å². The lowest BCUT2D eigenvalue weighted by molar-refractivity contribution is -0.145. The average molecular weight is 332 g/mol. The average Bonchev–Trinajstić information content (AvgIpc) is 2.74. The lowest BCUT2D eigenvalue weighted by Gasteiger charge is -2.30. The fraction of sp³-hybridized carbons (Fsp3) is 0.500. The smallest absolute Gasteiger partial charge is 0.325 e. The van der Waals surface area contributed by atoms with Crippen LogP contribution in [0.4, 0.5) is 0 Å². The van der Waals surface area contributed by atoms with Gasteiger partial charge in [-0.2, -0.15) is 4.72 Å². The third-order valence-electron chi connectivity index (χ3n) is 4.26. The molecule has 1 saturated carbocycles. The van der Waals surface area contributed by atoms with Gasteiger partial charge in [-0.15, -0.1) is 0 Å². The number of hydrogen-bond acceptors (Lipinski definition) is 3. The fourth-order valence-electron chi connectivity index (χ4n) is 2.87. The van der Waals surface area contributed by atoms with Crippen molar-refractivity contribution in [3.63, 3.8) is 0 Å². The molecular formula is C14H18ClNO4S. The zero-order valence-electron chi connectivity index (χ0n) is 11.9. The monoisotopic (exact) mass is 331 g/mol. The van der Waals surface area contributed by atoms with Crippen LogP contribution >= 0.6 is 11.6 Å². The number of carbonyl (C=O) groups is 1. The van der Waals surface area contributed by atoms with Gasteiger partial charge in [-0.3, -0.25) is 4.79 Å². The number of nitrogens with one attached hydrogen (secondary N) is 1. The Bertz CT molecular complexity index is 674. The SMILES string of the molecule is Cc1c(Cl)cccc1S(=O)(=O)NC1(C(=O)O)CCCC1C. The van der Waals surface area contributed by atoms with E-state index < -0.39 is 21.5 Å². The van der Waals surface area contributed by atoms with Crippen LogP contribution in [-0.4, -0.2) is 25.0 Å². The molecule has 2 rings (SSSR count). The van der Waals surface area contributed by atoms with E-state index >= 15 is 0 Å². The van der Waals surface area contributed by atoms with Gasteiger partial charge in [0.25, 0.3) is 0 Å². The number of benzene rings is 1. The maximum Gasteiger partial charge on any atom is 0.325 e. The van der Waals surface area contributed by atoms with Gasteiger partial charge in [0.05, 0.1) is 4.90 Å². The van der Waals surface area contributed by atoms with Gasteiger partial charge in [-0.05, 0) is 43.4 Å². The summed E-state index contributed by atoms with van der Waals surface area (Å²) in [6.45, 7) is 3.36. The standard InChI is InChI=1S/C14H18ClNO4S/c1-9-5-4-8-14(9,13(17)18)16-21(19,20)12-7-3-6-11(15)10(12)2/h3,6-7,9,16H,4-5,8H2,1-2H3,(H,17,18). The van der Waals surface area contributed by atoms with Gasteiger partial charge in [0.2, 0.25) is 10.0 Å². The molecule has 5 nitrogen and oxygen atoms in total. The lowest BCUT2D eigenvalue weighted by Crippen LogP contribution is -2.56. The topological polar surface area (TPSA) is 83.5 Å². The van der Waals surface area contributed by atoms with Gasteiger partial charge >= 0.3 is 5.97 Å². The predicted molar refractivity (Wildman–Crippen MR) is 79.9 cm³/mol. The molecule has 0 radical (unpaired) electrons. The van der Waals surface area contributed by atoms with Crippen molar-refractivity contribution in [2.45, 2.75) is 43.5 Å². The summed E-state index contributed by atoms with van der Waals surface area (Å²) >= 11 is 5.95. The molecule has 21 heavy (non-hydrogen) atoms. The molecular weight excluding hydrogens is 314 g/mol. The molecule has 1 fully saturated rings. The third kappa shape index (κ3) is 2.80. The first-order chi connectivity index (χ1) is 9.70. The van der Waals surface area contributed by atoms with Crippen molar-refractivity contribution in [3.8, 4) is 0 Å². The molecule has 0 bridgehead atoms. The van der Waals surface area contributed by atoms with E-state index in [0.29, 0.717) is 29.8 Å². The second-order valence-electron chi connectivity index (χ2n) is 5.54. The van der Waals surface area contributed by atoms with Crippen LogP contribution in [-0.2, 0) is 14.8 Å². The zero-order chi connectivity index (χ0) is 15.8. The number of aliphatic carboxylic acids is 1. The van der Waals surface area contributed by atoms with Gasteiger partial charge in [-0.25, -0.2) is 8.42 Å². The summed E-state index contributed by atoms with van der Waals surface area (Å²) in [6.07, 6.45) is 1.66. The van der Waals surface area contributed by atoms with E-state index in [0.717, 1.165) is 0 Å². The van der Waals surface area contributed by atoms with E-state index in [4.69, 9.17) is 11.6 Å². The van der Waals surface area contributed by atoms with E-state index in [-0.39, 0.29) is 10.8 Å². The van der Waals surface area contributed by atoms with Gasteiger partial charge in [0.15, 0.2) is 0 Å². The molecule has 116 valence electrons.